The summed E-state index contributed by atoms with van der Waals surface area (Å²) in [7, 11) is -3.24. The molecular weight excluding hydrogens is 561 g/mol. The molecule has 1 unspecified atom stereocenters. The number of fused-ring (bicyclic) bond motifs is 3. The largest absolute Gasteiger partial charge is 0.484 e. The third kappa shape index (κ3) is 5.37. The van der Waals surface area contributed by atoms with Crippen LogP contribution in [0.1, 0.15) is 28.0 Å². The fourth-order valence-corrected chi connectivity index (χ4v) is 5.62. The molecule has 2 heterocycles. The molecule has 9 nitrogen and oxygen atoms in total. The highest BCUT2D eigenvalue weighted by atomic mass is 32.2. The van der Waals surface area contributed by atoms with Crippen molar-refractivity contribution in [3.63, 3.8) is 0 Å². The molecule has 40 heavy (non-hydrogen) atoms. The predicted octanol–water partition coefficient (Wildman–Crippen LogP) is 3.97. The highest BCUT2D eigenvalue weighted by molar-refractivity contribution is 7.92. The van der Waals surface area contributed by atoms with Gasteiger partial charge in [-0.3, -0.25) is 19.1 Å². The van der Waals surface area contributed by atoms with Crippen molar-refractivity contribution >= 4 is 27.2 Å². The lowest BCUT2D eigenvalue weighted by atomic mass is 9.89. The Labute approximate surface area is 224 Å². The summed E-state index contributed by atoms with van der Waals surface area (Å²) in [5, 5.41) is 9.83. The third-order valence-corrected chi connectivity index (χ3v) is 7.43. The highest BCUT2D eigenvalue weighted by Crippen LogP contribution is 2.44. The minimum atomic E-state index is -4.50. The number of carbonyl (C=O) groups excluding carboxylic acids is 2. The molecule has 0 saturated carbocycles. The van der Waals surface area contributed by atoms with Crippen LogP contribution < -0.4 is 15.4 Å². The van der Waals surface area contributed by atoms with Gasteiger partial charge in [-0.1, -0.05) is 6.07 Å². The molecule has 3 aromatic rings. The molecule has 0 radical (unpaired) electrons. The quantitative estimate of drug-likeness (QED) is 0.379. The molecule has 0 fully saturated rings. The Hall–Kier alpha value is -4.01. The van der Waals surface area contributed by atoms with Crippen LogP contribution in [-0.2, 0) is 33.0 Å². The van der Waals surface area contributed by atoms with Crippen molar-refractivity contribution < 1.29 is 40.5 Å². The van der Waals surface area contributed by atoms with Gasteiger partial charge in [0.1, 0.15) is 22.9 Å². The number of aromatic nitrogens is 2. The maximum absolute atomic E-state index is 14.1. The van der Waals surface area contributed by atoms with E-state index in [1.807, 2.05) is 0 Å². The Morgan fingerprint density at radius 3 is 2.65 bits per heavy atom. The van der Waals surface area contributed by atoms with E-state index in [1.54, 1.807) is 6.07 Å². The van der Waals surface area contributed by atoms with Crippen LogP contribution in [0.3, 0.4) is 0 Å². The van der Waals surface area contributed by atoms with Gasteiger partial charge in [0.25, 0.3) is 5.91 Å². The van der Waals surface area contributed by atoms with Crippen LogP contribution in [0, 0.1) is 16.4 Å². The SMILES string of the molecule is CS(=N)(=O)CC(=O)Nc1c(-c2ccc(F)c(F)c2)nn2c1C(=O)N[C@@]1(CCc3cc(OCC(F)(F)F)ccc31)C2. The summed E-state index contributed by atoms with van der Waals surface area (Å²) >= 11 is 0. The van der Waals surface area contributed by atoms with Crippen LogP contribution in [0.25, 0.3) is 11.3 Å². The number of aryl methyl sites for hydroxylation is 1. The van der Waals surface area contributed by atoms with E-state index < -0.39 is 57.3 Å². The van der Waals surface area contributed by atoms with Crippen LogP contribution in [0.2, 0.25) is 0 Å². The Balaban J connectivity index is 1.54. The van der Waals surface area contributed by atoms with Crippen molar-refractivity contribution in [1.29, 1.82) is 4.78 Å². The lowest BCUT2D eigenvalue weighted by molar-refractivity contribution is -0.153. The van der Waals surface area contributed by atoms with Crippen molar-refractivity contribution in [1.82, 2.24) is 15.1 Å². The van der Waals surface area contributed by atoms with E-state index in [0.717, 1.165) is 18.4 Å². The number of ether oxygens (including phenoxy) is 1. The zero-order valence-corrected chi connectivity index (χ0v) is 21.6. The Kier molecular flexibility index (Phi) is 6.59. The van der Waals surface area contributed by atoms with E-state index in [0.29, 0.717) is 24.0 Å². The maximum Gasteiger partial charge on any atom is 0.422 e. The van der Waals surface area contributed by atoms with Crippen molar-refractivity contribution in [2.45, 2.75) is 31.1 Å². The number of rotatable bonds is 6. The van der Waals surface area contributed by atoms with Gasteiger partial charge in [0, 0.05) is 11.8 Å². The number of halogens is 5. The van der Waals surface area contributed by atoms with Crippen LogP contribution in [0.5, 0.6) is 5.75 Å². The normalized spacial score (nSPS) is 19.5. The molecule has 212 valence electrons. The van der Waals surface area contributed by atoms with E-state index in [4.69, 9.17) is 9.52 Å². The molecule has 1 spiro atoms. The average molecular weight is 584 g/mol. The first kappa shape index (κ1) is 27.6. The van der Waals surface area contributed by atoms with Gasteiger partial charge in [-0.25, -0.2) is 13.0 Å². The molecule has 0 saturated heterocycles. The summed E-state index contributed by atoms with van der Waals surface area (Å²) in [6.45, 7) is -1.39. The lowest BCUT2D eigenvalue weighted by Gasteiger charge is -2.36. The minimum absolute atomic E-state index is 0.0301. The molecule has 2 aromatic carbocycles. The van der Waals surface area contributed by atoms with Gasteiger partial charge in [-0.05, 0) is 54.3 Å². The number of hydrogen-bond acceptors (Lipinski definition) is 6. The number of nitrogens with one attached hydrogen (secondary N) is 3. The molecule has 3 N–H and O–H groups in total. The molecule has 5 rings (SSSR count). The van der Waals surface area contributed by atoms with Crippen LogP contribution in [0.15, 0.2) is 36.4 Å². The van der Waals surface area contributed by atoms with Gasteiger partial charge < -0.3 is 15.4 Å². The molecule has 15 heteroatoms. The van der Waals surface area contributed by atoms with Gasteiger partial charge in [0.05, 0.1) is 21.8 Å². The zero-order chi connectivity index (χ0) is 29.0. The number of nitrogens with zero attached hydrogens (tertiary/aromatic N) is 2. The Morgan fingerprint density at radius 1 is 1.23 bits per heavy atom. The molecule has 0 bridgehead atoms. The first-order valence-corrected chi connectivity index (χ1v) is 14.0. The molecule has 1 aliphatic carbocycles. The number of amides is 2. The third-order valence-electron chi connectivity index (χ3n) is 6.62. The minimum Gasteiger partial charge on any atom is -0.484 e. The topological polar surface area (TPSA) is 126 Å². The second-order valence-electron chi connectivity index (χ2n) is 9.82. The number of anilines is 1. The van der Waals surface area contributed by atoms with E-state index in [-0.39, 0.29) is 34.9 Å². The second kappa shape index (κ2) is 9.57. The van der Waals surface area contributed by atoms with Gasteiger partial charge in [0.2, 0.25) is 5.91 Å². The fraction of sp³-hybridized carbons (Fsp3) is 0.320. The van der Waals surface area contributed by atoms with Crippen LogP contribution >= 0.6 is 0 Å². The van der Waals surface area contributed by atoms with Gasteiger partial charge >= 0.3 is 6.18 Å². The Bertz CT molecular complexity index is 1650. The second-order valence-corrected chi connectivity index (χ2v) is 12.1. The predicted molar refractivity (Wildman–Crippen MR) is 133 cm³/mol. The van der Waals surface area contributed by atoms with Crippen molar-refractivity contribution in [3.05, 3.63) is 64.9 Å². The summed E-state index contributed by atoms with van der Waals surface area (Å²) in [5.41, 5.74) is 0.139. The summed E-state index contributed by atoms with van der Waals surface area (Å²) in [5.74, 6) is -4.44. The highest BCUT2D eigenvalue weighted by Gasteiger charge is 2.46. The molecule has 2 atom stereocenters. The first-order valence-electron chi connectivity index (χ1n) is 11.9. The molecule has 1 aliphatic heterocycles. The summed E-state index contributed by atoms with van der Waals surface area (Å²) in [4.78, 5) is 26.1. The lowest BCUT2D eigenvalue weighted by Crippen LogP contribution is -2.52. The zero-order valence-electron chi connectivity index (χ0n) is 20.8. The van der Waals surface area contributed by atoms with Gasteiger partial charge in [-0.15, -0.1) is 0 Å². The number of benzene rings is 2. The Morgan fingerprint density at radius 2 is 1.98 bits per heavy atom. The van der Waals surface area contributed by atoms with Gasteiger partial charge in [0.15, 0.2) is 23.9 Å². The molecule has 2 aliphatic rings. The average Bonchev–Trinajstić information content (AvgIpc) is 3.36. The molecule has 1 aromatic heterocycles. The van der Waals surface area contributed by atoms with Crippen LogP contribution in [-0.4, -0.2) is 50.6 Å². The van der Waals surface area contributed by atoms with Crippen molar-refractivity contribution in [3.8, 4) is 17.0 Å². The smallest absolute Gasteiger partial charge is 0.422 e. The number of carbonyl (C=O) groups is 2. The maximum atomic E-state index is 14.1. The van der Waals surface area contributed by atoms with E-state index in [9.17, 15) is 35.8 Å². The van der Waals surface area contributed by atoms with Crippen molar-refractivity contribution in [2.24, 2.45) is 0 Å². The molecular formula is C25H22F5N5O4S. The van der Waals surface area contributed by atoms with E-state index in [2.05, 4.69) is 15.7 Å². The number of alkyl halides is 3. The standard InChI is InChI=1S/C25H22F5N5O4S/c1-40(31,38)10-19(36)32-21-20(14-2-5-17(26)18(27)9-14)34-35-11-24(33-23(37)22(21)35)7-6-13-8-15(3-4-16(13)24)39-12-25(28,29)30/h2-5,8-9,31H,6-7,10-12H2,1H3,(H,32,36)(H,33,37)/t24-,40?/m0/s1. The number of hydrogen-bond donors (Lipinski definition) is 3. The molecule has 2 amide bonds. The summed E-state index contributed by atoms with van der Waals surface area (Å²) in [6, 6.07) is 7.38. The monoisotopic (exact) mass is 583 g/mol. The van der Waals surface area contributed by atoms with E-state index in [1.165, 1.54) is 22.9 Å². The summed E-state index contributed by atoms with van der Waals surface area (Å²) < 4.78 is 91.0. The fourth-order valence-electron chi connectivity index (χ4n) is 5.04. The van der Waals surface area contributed by atoms with Crippen molar-refractivity contribution in [2.75, 3.05) is 23.9 Å². The first-order chi connectivity index (χ1) is 18.6. The summed E-state index contributed by atoms with van der Waals surface area (Å²) in [6.07, 6.45) is -2.62. The van der Waals surface area contributed by atoms with Crippen LogP contribution in [0.4, 0.5) is 27.6 Å². The van der Waals surface area contributed by atoms with Gasteiger partial charge in [-0.2, -0.15) is 18.3 Å². The van der Waals surface area contributed by atoms with E-state index >= 15 is 0 Å².